The smallest absolute Gasteiger partial charge is 0.252 e. The van der Waals surface area contributed by atoms with Crippen LogP contribution < -0.4 is 10.2 Å². The highest BCUT2D eigenvalue weighted by Gasteiger charge is 2.21. The molecule has 1 atom stereocenters. The second-order valence-electron chi connectivity index (χ2n) is 5.41. The van der Waals surface area contributed by atoms with Gasteiger partial charge in [0.25, 0.3) is 5.91 Å². The van der Waals surface area contributed by atoms with Crippen LogP contribution in [0.3, 0.4) is 0 Å². The minimum Gasteiger partial charge on any atom is -0.354 e. The summed E-state index contributed by atoms with van der Waals surface area (Å²) in [5.41, 5.74) is 0.646. The molecule has 1 aliphatic rings. The van der Waals surface area contributed by atoms with Crippen LogP contribution >= 0.6 is 0 Å². The van der Waals surface area contributed by atoms with E-state index >= 15 is 0 Å². The van der Waals surface area contributed by atoms with Gasteiger partial charge in [0.2, 0.25) is 0 Å². The van der Waals surface area contributed by atoms with Crippen LogP contribution in [0.4, 0.5) is 5.82 Å². The fraction of sp³-hybridized carbons (Fsp3) is 0.625. The zero-order valence-corrected chi connectivity index (χ0v) is 12.6. The minimum atomic E-state index is -0.0309. The summed E-state index contributed by atoms with van der Waals surface area (Å²) in [6, 6.07) is 4.46. The van der Waals surface area contributed by atoms with Crippen molar-refractivity contribution >= 4 is 11.7 Å². The van der Waals surface area contributed by atoms with Crippen molar-refractivity contribution in [3.8, 4) is 0 Å². The maximum atomic E-state index is 11.8. The largest absolute Gasteiger partial charge is 0.354 e. The van der Waals surface area contributed by atoms with Gasteiger partial charge in [0.1, 0.15) is 5.82 Å². The van der Waals surface area contributed by atoms with Crippen molar-refractivity contribution < 1.29 is 4.79 Å². The fourth-order valence-electron chi connectivity index (χ4n) is 2.76. The van der Waals surface area contributed by atoms with Crippen LogP contribution in [0.5, 0.6) is 0 Å². The van der Waals surface area contributed by atoms with Crippen molar-refractivity contribution in [2.75, 3.05) is 18.0 Å². The molecule has 1 amide bonds. The minimum absolute atomic E-state index is 0.0309. The van der Waals surface area contributed by atoms with Crippen LogP contribution in [0.1, 0.15) is 56.3 Å². The molecule has 1 aromatic heterocycles. The van der Waals surface area contributed by atoms with Gasteiger partial charge in [-0.1, -0.05) is 13.8 Å². The topological polar surface area (TPSA) is 45.2 Å². The molecule has 2 rings (SSSR count). The Morgan fingerprint density at radius 2 is 2.25 bits per heavy atom. The van der Waals surface area contributed by atoms with Gasteiger partial charge in [0, 0.05) is 25.3 Å². The highest BCUT2D eigenvalue weighted by Crippen LogP contribution is 2.24. The number of rotatable bonds is 5. The first-order valence-corrected chi connectivity index (χ1v) is 7.77. The monoisotopic (exact) mass is 275 g/mol. The SMILES string of the molecule is CCCNC(=O)c1ccc(N2CCCCC2CC)nc1. The first-order valence-electron chi connectivity index (χ1n) is 7.77. The Kier molecular flexibility index (Phi) is 5.39. The number of hydrogen-bond acceptors (Lipinski definition) is 3. The Hall–Kier alpha value is -1.58. The summed E-state index contributed by atoms with van der Waals surface area (Å²) in [5.74, 6) is 0.972. The van der Waals surface area contributed by atoms with Crippen LogP contribution in [0.15, 0.2) is 18.3 Å². The predicted molar refractivity (Wildman–Crippen MR) is 82.1 cm³/mol. The molecule has 110 valence electrons. The molecule has 4 nitrogen and oxygen atoms in total. The summed E-state index contributed by atoms with van der Waals surface area (Å²) in [5, 5.41) is 2.88. The van der Waals surface area contributed by atoms with Crippen molar-refractivity contribution in [1.29, 1.82) is 0 Å². The zero-order valence-electron chi connectivity index (χ0n) is 12.6. The van der Waals surface area contributed by atoms with Gasteiger partial charge in [-0.3, -0.25) is 4.79 Å². The Bertz CT molecular complexity index is 430. The Labute approximate surface area is 121 Å². The Morgan fingerprint density at radius 1 is 1.40 bits per heavy atom. The van der Waals surface area contributed by atoms with E-state index < -0.39 is 0 Å². The number of carbonyl (C=O) groups is 1. The average Bonchev–Trinajstić information content (AvgIpc) is 2.52. The standard InChI is InChI=1S/C16H25N3O/c1-3-10-17-16(20)13-8-9-15(18-12-13)19-11-6-5-7-14(19)4-2/h8-9,12,14H,3-7,10-11H2,1-2H3,(H,17,20). The van der Waals surface area contributed by atoms with Gasteiger partial charge < -0.3 is 10.2 Å². The van der Waals surface area contributed by atoms with Gasteiger partial charge in [0.05, 0.1) is 5.56 Å². The summed E-state index contributed by atoms with van der Waals surface area (Å²) in [6.45, 7) is 6.07. The molecule has 0 aliphatic carbocycles. The van der Waals surface area contributed by atoms with Crippen molar-refractivity contribution in [3.05, 3.63) is 23.9 Å². The van der Waals surface area contributed by atoms with Crippen molar-refractivity contribution in [1.82, 2.24) is 10.3 Å². The van der Waals surface area contributed by atoms with Gasteiger partial charge in [-0.25, -0.2) is 4.98 Å². The fourth-order valence-corrected chi connectivity index (χ4v) is 2.76. The zero-order chi connectivity index (χ0) is 14.4. The van der Waals surface area contributed by atoms with Crippen LogP contribution in [-0.4, -0.2) is 30.0 Å². The summed E-state index contributed by atoms with van der Waals surface area (Å²) >= 11 is 0. The molecule has 1 aromatic rings. The van der Waals surface area contributed by atoms with Gasteiger partial charge >= 0.3 is 0 Å². The normalized spacial score (nSPS) is 18.9. The maximum Gasteiger partial charge on any atom is 0.252 e. The van der Waals surface area contributed by atoms with Gasteiger partial charge in [-0.2, -0.15) is 0 Å². The van der Waals surface area contributed by atoms with Crippen molar-refractivity contribution in [2.24, 2.45) is 0 Å². The third-order valence-electron chi connectivity index (χ3n) is 3.94. The van der Waals surface area contributed by atoms with E-state index in [1.54, 1.807) is 6.20 Å². The molecule has 4 heteroatoms. The first kappa shape index (κ1) is 14.8. The van der Waals surface area contributed by atoms with Gasteiger partial charge in [-0.15, -0.1) is 0 Å². The third-order valence-corrected chi connectivity index (χ3v) is 3.94. The molecule has 1 aliphatic heterocycles. The number of aromatic nitrogens is 1. The van der Waals surface area contributed by atoms with E-state index in [4.69, 9.17) is 0 Å². The number of anilines is 1. The molecule has 20 heavy (non-hydrogen) atoms. The second-order valence-corrected chi connectivity index (χ2v) is 5.41. The lowest BCUT2D eigenvalue weighted by Crippen LogP contribution is -2.39. The lowest BCUT2D eigenvalue weighted by Gasteiger charge is -2.36. The van der Waals surface area contributed by atoms with Gasteiger partial charge in [-0.05, 0) is 44.2 Å². The summed E-state index contributed by atoms with van der Waals surface area (Å²) < 4.78 is 0. The molecular formula is C16H25N3O. The van der Waals surface area contributed by atoms with E-state index in [1.807, 2.05) is 19.1 Å². The van der Waals surface area contributed by atoms with Crippen LogP contribution in [0.25, 0.3) is 0 Å². The Balaban J connectivity index is 2.05. The van der Waals surface area contributed by atoms with Crippen LogP contribution in [-0.2, 0) is 0 Å². The summed E-state index contributed by atoms with van der Waals surface area (Å²) in [7, 11) is 0. The lowest BCUT2D eigenvalue weighted by molar-refractivity contribution is 0.0953. The molecule has 0 bridgehead atoms. The van der Waals surface area contributed by atoms with Crippen LogP contribution in [0.2, 0.25) is 0 Å². The van der Waals surface area contributed by atoms with E-state index in [0.29, 0.717) is 18.2 Å². The number of hydrogen-bond donors (Lipinski definition) is 1. The van der Waals surface area contributed by atoms with Crippen LogP contribution in [0, 0.1) is 0 Å². The van der Waals surface area contributed by atoms with Gasteiger partial charge in [0.15, 0.2) is 0 Å². The number of amides is 1. The Morgan fingerprint density at radius 3 is 2.90 bits per heavy atom. The van der Waals surface area contributed by atoms with E-state index in [-0.39, 0.29) is 5.91 Å². The lowest BCUT2D eigenvalue weighted by atomic mass is 10.00. The molecule has 1 saturated heterocycles. The molecule has 0 spiro atoms. The van der Waals surface area contributed by atoms with Crippen molar-refractivity contribution in [3.63, 3.8) is 0 Å². The number of piperidine rings is 1. The molecule has 1 N–H and O–H groups in total. The van der Waals surface area contributed by atoms with Crippen molar-refractivity contribution in [2.45, 2.75) is 52.0 Å². The summed E-state index contributed by atoms with van der Waals surface area (Å²) in [4.78, 5) is 18.7. The summed E-state index contributed by atoms with van der Waals surface area (Å²) in [6.07, 6.45) is 7.59. The second kappa shape index (κ2) is 7.27. The number of nitrogens with one attached hydrogen (secondary N) is 1. The molecule has 1 fully saturated rings. The number of carbonyl (C=O) groups excluding carboxylic acids is 1. The molecule has 2 heterocycles. The molecule has 0 radical (unpaired) electrons. The predicted octanol–water partition coefficient (Wildman–Crippen LogP) is 2.99. The molecular weight excluding hydrogens is 250 g/mol. The first-order chi connectivity index (χ1) is 9.76. The van der Waals surface area contributed by atoms with E-state index in [0.717, 1.165) is 25.2 Å². The number of nitrogens with zero attached hydrogens (tertiary/aromatic N) is 2. The van der Waals surface area contributed by atoms with E-state index in [1.165, 1.54) is 19.3 Å². The quantitative estimate of drug-likeness (QED) is 0.898. The highest BCUT2D eigenvalue weighted by molar-refractivity contribution is 5.94. The third kappa shape index (κ3) is 3.50. The number of pyridine rings is 1. The highest BCUT2D eigenvalue weighted by atomic mass is 16.1. The molecule has 1 unspecified atom stereocenters. The average molecular weight is 275 g/mol. The maximum absolute atomic E-state index is 11.8. The van der Waals surface area contributed by atoms with E-state index in [9.17, 15) is 4.79 Å². The molecule has 0 aromatic carbocycles. The van der Waals surface area contributed by atoms with E-state index in [2.05, 4.69) is 22.1 Å². The molecule has 0 saturated carbocycles.